The van der Waals surface area contributed by atoms with Crippen LogP contribution in [0.5, 0.6) is 5.75 Å². The molecule has 0 spiro atoms. The van der Waals surface area contributed by atoms with Gasteiger partial charge in [0.25, 0.3) is 0 Å². The molecular formula is C20H28N2O3. The van der Waals surface area contributed by atoms with Crippen molar-refractivity contribution in [1.29, 1.82) is 0 Å². The number of carbonyl (C=O) groups is 2. The van der Waals surface area contributed by atoms with Crippen LogP contribution in [0, 0.1) is 11.8 Å². The number of anilines is 1. The SMILES string of the molecule is CC1CCCN(C(=O)C2CC(=O)N(c3ccc(OC(C)C)cc3)C2)C1. The molecule has 2 aliphatic rings. The molecule has 5 heteroatoms. The maximum Gasteiger partial charge on any atom is 0.228 e. The van der Waals surface area contributed by atoms with Crippen molar-refractivity contribution in [1.82, 2.24) is 4.90 Å². The summed E-state index contributed by atoms with van der Waals surface area (Å²) in [6, 6.07) is 7.55. The minimum atomic E-state index is -0.218. The van der Waals surface area contributed by atoms with Gasteiger partial charge >= 0.3 is 0 Å². The number of ether oxygens (including phenoxy) is 1. The summed E-state index contributed by atoms with van der Waals surface area (Å²) in [4.78, 5) is 28.9. The van der Waals surface area contributed by atoms with Gasteiger partial charge in [-0.05, 0) is 56.9 Å². The zero-order chi connectivity index (χ0) is 18.0. The standard InChI is InChI=1S/C20H28N2O3/c1-14(2)25-18-8-6-17(7-9-18)22-13-16(11-19(22)23)20(24)21-10-4-5-15(3)12-21/h6-9,14-16H,4-5,10-13H2,1-3H3. The summed E-state index contributed by atoms with van der Waals surface area (Å²) in [5, 5.41) is 0. The van der Waals surface area contributed by atoms with Crippen LogP contribution < -0.4 is 9.64 Å². The predicted octanol–water partition coefficient (Wildman–Crippen LogP) is 3.09. The summed E-state index contributed by atoms with van der Waals surface area (Å²) in [6.07, 6.45) is 2.68. The fourth-order valence-electron chi connectivity index (χ4n) is 3.75. The number of hydrogen-bond acceptors (Lipinski definition) is 3. The van der Waals surface area contributed by atoms with Crippen LogP contribution in [-0.2, 0) is 9.59 Å². The molecule has 25 heavy (non-hydrogen) atoms. The first-order valence-electron chi connectivity index (χ1n) is 9.30. The maximum atomic E-state index is 12.8. The first-order chi connectivity index (χ1) is 11.9. The lowest BCUT2D eigenvalue weighted by atomic mass is 9.98. The zero-order valence-electron chi connectivity index (χ0n) is 15.4. The molecule has 1 aromatic rings. The normalized spacial score (nSPS) is 24.1. The minimum Gasteiger partial charge on any atom is -0.491 e. The van der Waals surface area contributed by atoms with Gasteiger partial charge in [-0.15, -0.1) is 0 Å². The summed E-state index contributed by atoms with van der Waals surface area (Å²) in [5.74, 6) is 1.30. The molecule has 2 saturated heterocycles. The van der Waals surface area contributed by atoms with E-state index in [1.165, 1.54) is 6.42 Å². The van der Waals surface area contributed by atoms with E-state index in [0.29, 0.717) is 18.9 Å². The number of amides is 2. The number of carbonyl (C=O) groups excluding carboxylic acids is 2. The number of nitrogens with zero attached hydrogens (tertiary/aromatic N) is 2. The zero-order valence-corrected chi connectivity index (χ0v) is 15.4. The Balaban J connectivity index is 1.64. The monoisotopic (exact) mass is 344 g/mol. The Hall–Kier alpha value is -2.04. The van der Waals surface area contributed by atoms with Crippen molar-refractivity contribution >= 4 is 17.5 Å². The lowest BCUT2D eigenvalue weighted by molar-refractivity contribution is -0.137. The Bertz CT molecular complexity index is 626. The third-order valence-corrected chi connectivity index (χ3v) is 4.96. The number of hydrogen-bond donors (Lipinski definition) is 0. The van der Waals surface area contributed by atoms with Gasteiger partial charge in [0.05, 0.1) is 12.0 Å². The van der Waals surface area contributed by atoms with Crippen molar-refractivity contribution in [2.24, 2.45) is 11.8 Å². The molecule has 1 aromatic carbocycles. The van der Waals surface area contributed by atoms with Crippen LogP contribution in [-0.4, -0.2) is 42.5 Å². The van der Waals surface area contributed by atoms with Crippen LogP contribution in [0.25, 0.3) is 0 Å². The highest BCUT2D eigenvalue weighted by molar-refractivity contribution is 6.00. The fraction of sp³-hybridized carbons (Fsp3) is 0.600. The van der Waals surface area contributed by atoms with Crippen LogP contribution in [0.15, 0.2) is 24.3 Å². The quantitative estimate of drug-likeness (QED) is 0.843. The van der Waals surface area contributed by atoms with Crippen molar-refractivity contribution in [2.75, 3.05) is 24.5 Å². The van der Waals surface area contributed by atoms with Crippen LogP contribution >= 0.6 is 0 Å². The molecule has 0 radical (unpaired) electrons. The largest absolute Gasteiger partial charge is 0.491 e. The van der Waals surface area contributed by atoms with Crippen molar-refractivity contribution in [3.8, 4) is 5.75 Å². The van der Waals surface area contributed by atoms with E-state index in [2.05, 4.69) is 6.92 Å². The Morgan fingerprint density at radius 3 is 2.56 bits per heavy atom. The number of benzene rings is 1. The van der Waals surface area contributed by atoms with E-state index in [9.17, 15) is 9.59 Å². The Kier molecular flexibility index (Phi) is 5.30. The van der Waals surface area contributed by atoms with Gasteiger partial charge in [0.2, 0.25) is 11.8 Å². The van der Waals surface area contributed by atoms with Gasteiger partial charge in [0, 0.05) is 31.7 Å². The van der Waals surface area contributed by atoms with E-state index in [4.69, 9.17) is 4.74 Å². The third kappa shape index (κ3) is 4.14. The molecular weight excluding hydrogens is 316 g/mol. The van der Waals surface area contributed by atoms with E-state index < -0.39 is 0 Å². The average molecular weight is 344 g/mol. The summed E-state index contributed by atoms with van der Waals surface area (Å²) >= 11 is 0. The second kappa shape index (κ2) is 7.46. The molecule has 0 bridgehead atoms. The van der Waals surface area contributed by atoms with Gasteiger partial charge in [0.15, 0.2) is 0 Å². The molecule has 0 N–H and O–H groups in total. The molecule has 2 heterocycles. The Morgan fingerprint density at radius 1 is 1.20 bits per heavy atom. The number of piperidine rings is 1. The van der Waals surface area contributed by atoms with E-state index in [0.717, 1.165) is 30.9 Å². The Morgan fingerprint density at radius 2 is 1.92 bits per heavy atom. The van der Waals surface area contributed by atoms with Crippen LogP contribution in [0.3, 0.4) is 0 Å². The smallest absolute Gasteiger partial charge is 0.228 e. The predicted molar refractivity (Wildman–Crippen MR) is 97.6 cm³/mol. The van der Waals surface area contributed by atoms with Gasteiger partial charge in [-0.25, -0.2) is 0 Å². The summed E-state index contributed by atoms with van der Waals surface area (Å²) in [7, 11) is 0. The summed E-state index contributed by atoms with van der Waals surface area (Å²) < 4.78 is 5.64. The highest BCUT2D eigenvalue weighted by Crippen LogP contribution is 2.29. The number of rotatable bonds is 4. The minimum absolute atomic E-state index is 0.0286. The fourth-order valence-corrected chi connectivity index (χ4v) is 3.75. The van der Waals surface area contributed by atoms with Crippen molar-refractivity contribution in [3.05, 3.63) is 24.3 Å². The lowest BCUT2D eigenvalue weighted by Crippen LogP contribution is -2.43. The molecule has 0 aliphatic carbocycles. The Labute approximate surface area is 149 Å². The van der Waals surface area contributed by atoms with Gasteiger partial charge < -0.3 is 14.5 Å². The first-order valence-corrected chi connectivity index (χ1v) is 9.30. The second-order valence-corrected chi connectivity index (χ2v) is 7.60. The van der Waals surface area contributed by atoms with Crippen LogP contribution in [0.2, 0.25) is 0 Å². The molecule has 0 aromatic heterocycles. The topological polar surface area (TPSA) is 49.9 Å². The summed E-state index contributed by atoms with van der Waals surface area (Å²) in [5.41, 5.74) is 0.836. The second-order valence-electron chi connectivity index (χ2n) is 7.60. The van der Waals surface area contributed by atoms with Crippen molar-refractivity contribution in [2.45, 2.75) is 46.1 Å². The van der Waals surface area contributed by atoms with Gasteiger partial charge in [0.1, 0.15) is 5.75 Å². The lowest BCUT2D eigenvalue weighted by Gasteiger charge is -2.32. The van der Waals surface area contributed by atoms with Gasteiger partial charge in [-0.1, -0.05) is 6.92 Å². The van der Waals surface area contributed by atoms with Crippen molar-refractivity contribution < 1.29 is 14.3 Å². The molecule has 2 fully saturated rings. The van der Waals surface area contributed by atoms with Gasteiger partial charge in [-0.3, -0.25) is 9.59 Å². The molecule has 2 amide bonds. The molecule has 3 rings (SSSR count). The van der Waals surface area contributed by atoms with E-state index in [1.807, 2.05) is 43.0 Å². The average Bonchev–Trinajstić information content (AvgIpc) is 2.96. The van der Waals surface area contributed by atoms with Crippen LogP contribution in [0.4, 0.5) is 5.69 Å². The number of likely N-dealkylation sites (tertiary alicyclic amines) is 1. The summed E-state index contributed by atoms with van der Waals surface area (Å²) in [6.45, 7) is 8.28. The van der Waals surface area contributed by atoms with Gasteiger partial charge in [-0.2, -0.15) is 0 Å². The highest BCUT2D eigenvalue weighted by Gasteiger charge is 2.37. The third-order valence-electron chi connectivity index (χ3n) is 4.96. The van der Waals surface area contributed by atoms with E-state index >= 15 is 0 Å². The van der Waals surface area contributed by atoms with Crippen molar-refractivity contribution in [3.63, 3.8) is 0 Å². The molecule has 2 unspecified atom stereocenters. The van der Waals surface area contributed by atoms with E-state index in [1.54, 1.807) is 4.90 Å². The van der Waals surface area contributed by atoms with E-state index in [-0.39, 0.29) is 23.8 Å². The first kappa shape index (κ1) is 17.8. The molecule has 2 aliphatic heterocycles. The molecule has 2 atom stereocenters. The molecule has 0 saturated carbocycles. The maximum absolute atomic E-state index is 12.8. The van der Waals surface area contributed by atoms with Crippen LogP contribution in [0.1, 0.15) is 40.0 Å². The molecule has 5 nitrogen and oxygen atoms in total. The molecule has 136 valence electrons. The highest BCUT2D eigenvalue weighted by atomic mass is 16.5.